The lowest BCUT2D eigenvalue weighted by Crippen LogP contribution is -2.53. The molecule has 3 heterocycles. The minimum absolute atomic E-state index is 0.0428. The Kier molecular flexibility index (Phi) is 5.80. The van der Waals surface area contributed by atoms with Crippen LogP contribution in [0.25, 0.3) is 11.0 Å². The maximum Gasteiger partial charge on any atom is 0.291 e. The van der Waals surface area contributed by atoms with Gasteiger partial charge in [0.15, 0.2) is 11.0 Å². The molecule has 41 heavy (non-hydrogen) atoms. The second-order valence-electron chi connectivity index (χ2n) is 10.2. The fraction of sp³-hybridized carbons (Fsp3) is 0.121. The molecule has 0 bridgehead atoms. The van der Waals surface area contributed by atoms with Crippen molar-refractivity contribution in [3.63, 3.8) is 0 Å². The Morgan fingerprint density at radius 2 is 1.59 bits per heavy atom. The van der Waals surface area contributed by atoms with Gasteiger partial charge >= 0.3 is 0 Å². The lowest BCUT2D eigenvalue weighted by Gasteiger charge is -2.34. The van der Waals surface area contributed by atoms with Crippen LogP contribution in [0.4, 0.5) is 10.1 Å². The Balaban J connectivity index is 1.48. The third-order valence-electron chi connectivity index (χ3n) is 7.95. The second kappa shape index (κ2) is 9.42. The van der Waals surface area contributed by atoms with Crippen molar-refractivity contribution in [1.82, 2.24) is 4.90 Å². The van der Waals surface area contributed by atoms with Crippen LogP contribution >= 0.6 is 11.6 Å². The molecular formula is C33H22ClFN2O4. The van der Waals surface area contributed by atoms with Gasteiger partial charge in [-0.15, -0.1) is 0 Å². The van der Waals surface area contributed by atoms with E-state index in [2.05, 4.69) is 0 Å². The fourth-order valence-electron chi connectivity index (χ4n) is 6.10. The molecule has 7 rings (SSSR count). The first-order valence-corrected chi connectivity index (χ1v) is 13.6. The van der Waals surface area contributed by atoms with Gasteiger partial charge in [0.25, 0.3) is 11.8 Å². The predicted octanol–water partition coefficient (Wildman–Crippen LogP) is 6.07. The highest BCUT2D eigenvalue weighted by Gasteiger charge is 2.64. The molecule has 0 radical (unpaired) electrons. The molecule has 1 atom stereocenters. The highest BCUT2D eigenvalue weighted by Crippen LogP contribution is 2.53. The molecule has 6 nitrogen and oxygen atoms in total. The van der Waals surface area contributed by atoms with Gasteiger partial charge < -0.3 is 14.2 Å². The molecule has 2 aliphatic rings. The van der Waals surface area contributed by atoms with E-state index in [1.165, 1.54) is 21.9 Å². The summed E-state index contributed by atoms with van der Waals surface area (Å²) in [5.74, 6) is -1.70. The van der Waals surface area contributed by atoms with Crippen molar-refractivity contribution in [1.29, 1.82) is 0 Å². The van der Waals surface area contributed by atoms with Gasteiger partial charge in [0, 0.05) is 22.7 Å². The van der Waals surface area contributed by atoms with Crippen LogP contribution in [0.5, 0.6) is 0 Å². The minimum Gasteiger partial charge on any atom is -0.450 e. The molecule has 0 N–H and O–H groups in total. The number of para-hydroxylation sites is 1. The lowest BCUT2D eigenvalue weighted by atomic mass is 9.83. The average Bonchev–Trinajstić information content (AvgIpc) is 3.38. The number of hydrogen-bond acceptors (Lipinski definition) is 4. The van der Waals surface area contributed by atoms with E-state index in [1.54, 1.807) is 54.6 Å². The van der Waals surface area contributed by atoms with E-state index in [0.29, 0.717) is 28.3 Å². The molecule has 1 spiro atoms. The van der Waals surface area contributed by atoms with Crippen molar-refractivity contribution in [2.24, 2.45) is 0 Å². The van der Waals surface area contributed by atoms with E-state index in [1.807, 2.05) is 30.3 Å². The summed E-state index contributed by atoms with van der Waals surface area (Å²) in [6, 6.07) is 27.4. The molecular weight excluding hydrogens is 543 g/mol. The minimum atomic E-state index is -1.79. The van der Waals surface area contributed by atoms with Gasteiger partial charge in [0.05, 0.1) is 23.2 Å². The number of fused-ring (bicyclic) bond motifs is 5. The highest BCUT2D eigenvalue weighted by atomic mass is 35.5. The Labute approximate surface area is 239 Å². The predicted molar refractivity (Wildman–Crippen MR) is 153 cm³/mol. The zero-order valence-corrected chi connectivity index (χ0v) is 22.4. The number of hydrogen-bond donors (Lipinski definition) is 0. The van der Waals surface area contributed by atoms with Crippen molar-refractivity contribution >= 4 is 40.1 Å². The molecule has 5 aromatic rings. The third kappa shape index (κ3) is 3.66. The van der Waals surface area contributed by atoms with Crippen molar-refractivity contribution in [2.75, 3.05) is 11.4 Å². The first-order chi connectivity index (χ1) is 19.9. The Morgan fingerprint density at radius 3 is 2.39 bits per heavy atom. The van der Waals surface area contributed by atoms with Crippen LogP contribution in [0.1, 0.15) is 32.8 Å². The van der Waals surface area contributed by atoms with Crippen molar-refractivity contribution in [3.05, 3.63) is 146 Å². The van der Waals surface area contributed by atoms with Gasteiger partial charge in [0.2, 0.25) is 5.76 Å². The van der Waals surface area contributed by atoms with E-state index in [-0.39, 0.29) is 35.4 Å². The molecule has 8 heteroatoms. The summed E-state index contributed by atoms with van der Waals surface area (Å²) in [6.45, 7) is 0.0578. The first-order valence-electron chi connectivity index (χ1n) is 13.2. The molecule has 1 unspecified atom stereocenters. The summed E-state index contributed by atoms with van der Waals surface area (Å²) in [7, 11) is 0. The molecule has 2 amide bonds. The number of carbonyl (C=O) groups excluding carboxylic acids is 2. The lowest BCUT2D eigenvalue weighted by molar-refractivity contribution is -0.126. The smallest absolute Gasteiger partial charge is 0.291 e. The van der Waals surface area contributed by atoms with Gasteiger partial charge in [0.1, 0.15) is 11.4 Å². The van der Waals surface area contributed by atoms with Gasteiger partial charge in [-0.1, -0.05) is 78.3 Å². The van der Waals surface area contributed by atoms with Crippen LogP contribution < -0.4 is 10.3 Å². The molecule has 0 saturated heterocycles. The van der Waals surface area contributed by atoms with Crippen LogP contribution in [0, 0.1) is 5.82 Å². The Hall–Kier alpha value is -4.75. The monoisotopic (exact) mass is 564 g/mol. The number of halogens is 2. The van der Waals surface area contributed by atoms with Crippen LogP contribution in [0.3, 0.4) is 0 Å². The molecule has 0 aliphatic carbocycles. The molecule has 202 valence electrons. The average molecular weight is 565 g/mol. The maximum absolute atomic E-state index is 14.8. The molecule has 0 fully saturated rings. The topological polar surface area (TPSA) is 70.8 Å². The van der Waals surface area contributed by atoms with E-state index in [4.69, 9.17) is 16.0 Å². The van der Waals surface area contributed by atoms with E-state index in [9.17, 15) is 18.8 Å². The molecule has 0 saturated carbocycles. The Morgan fingerprint density at radius 1 is 0.854 bits per heavy atom. The highest BCUT2D eigenvalue weighted by molar-refractivity contribution is 6.31. The third-order valence-corrected chi connectivity index (χ3v) is 8.19. The largest absolute Gasteiger partial charge is 0.450 e. The van der Waals surface area contributed by atoms with Crippen molar-refractivity contribution in [2.45, 2.75) is 18.5 Å². The van der Waals surface area contributed by atoms with E-state index < -0.39 is 28.6 Å². The number of nitrogens with zero attached hydrogens (tertiary/aromatic N) is 2. The van der Waals surface area contributed by atoms with Gasteiger partial charge in [-0.2, -0.15) is 0 Å². The fourth-order valence-corrected chi connectivity index (χ4v) is 6.27. The summed E-state index contributed by atoms with van der Waals surface area (Å²) in [5, 5.41) is 0.495. The number of anilines is 1. The number of benzene rings is 4. The molecule has 1 aromatic heterocycles. The van der Waals surface area contributed by atoms with E-state index in [0.717, 1.165) is 5.56 Å². The quantitative estimate of drug-likeness (QED) is 0.260. The summed E-state index contributed by atoms with van der Waals surface area (Å²) >= 11 is 6.24. The number of amides is 2. The zero-order chi connectivity index (χ0) is 28.3. The molecule has 2 aliphatic heterocycles. The summed E-state index contributed by atoms with van der Waals surface area (Å²) in [5.41, 5.74) is 0.101. The van der Waals surface area contributed by atoms with Crippen molar-refractivity contribution < 1.29 is 18.4 Å². The standard InChI is InChI=1S/C33H22ClFN2O4/c34-22-14-15-27-23(18-22)29(38)28-30(41-27)31(39)37(17-16-20-8-2-1-3-9-20)33(28)24-11-5-7-13-26(24)36(32(33)40)19-21-10-4-6-12-25(21)35/h1-15,18H,16-17,19H2. The van der Waals surface area contributed by atoms with Gasteiger partial charge in [-0.05, 0) is 42.3 Å². The SMILES string of the molecule is O=C1c2oc3ccc(Cl)cc3c(=O)c2C2(C(=O)N(Cc3ccccc3F)c3ccccc32)N1CCc1ccccc1. The normalized spacial score (nSPS) is 17.5. The summed E-state index contributed by atoms with van der Waals surface area (Å²) in [6.07, 6.45) is 0.435. The second-order valence-corrected chi connectivity index (χ2v) is 10.6. The maximum atomic E-state index is 14.8. The molecule has 4 aromatic carbocycles. The Bertz CT molecular complexity index is 1940. The zero-order valence-electron chi connectivity index (χ0n) is 21.6. The van der Waals surface area contributed by atoms with E-state index >= 15 is 0 Å². The van der Waals surface area contributed by atoms with Crippen LogP contribution in [0.2, 0.25) is 5.02 Å². The first kappa shape index (κ1) is 25.2. The number of carbonyl (C=O) groups is 2. The van der Waals surface area contributed by atoms with Crippen LogP contribution in [-0.4, -0.2) is 23.3 Å². The summed E-state index contributed by atoms with van der Waals surface area (Å²) < 4.78 is 20.9. The summed E-state index contributed by atoms with van der Waals surface area (Å²) in [4.78, 5) is 46.1. The van der Waals surface area contributed by atoms with Crippen molar-refractivity contribution in [3.8, 4) is 0 Å². The van der Waals surface area contributed by atoms with Crippen LogP contribution in [0.15, 0.2) is 106 Å². The van der Waals surface area contributed by atoms with Crippen LogP contribution in [-0.2, 0) is 23.3 Å². The van der Waals surface area contributed by atoms with Gasteiger partial charge in [-0.3, -0.25) is 14.4 Å². The number of rotatable bonds is 5. The van der Waals surface area contributed by atoms with Gasteiger partial charge in [-0.25, -0.2) is 4.39 Å².